The van der Waals surface area contributed by atoms with Crippen LogP contribution >= 0.6 is 11.3 Å². The number of carboxylic acids is 1. The highest BCUT2D eigenvalue weighted by Gasteiger charge is 2.10. The lowest BCUT2D eigenvalue weighted by molar-refractivity contribution is 0.0702. The highest BCUT2D eigenvalue weighted by molar-refractivity contribution is 7.14. The van der Waals surface area contributed by atoms with E-state index in [1.807, 2.05) is 6.92 Å². The van der Waals surface area contributed by atoms with Crippen LogP contribution in [0.25, 0.3) is 0 Å². The van der Waals surface area contributed by atoms with Gasteiger partial charge in [-0.05, 0) is 36.2 Å². The number of nitrogens with one attached hydrogen (secondary N) is 1. The van der Waals surface area contributed by atoms with E-state index >= 15 is 0 Å². The number of aryl methyl sites for hydroxylation is 1. The molecule has 19 heavy (non-hydrogen) atoms. The lowest BCUT2D eigenvalue weighted by Gasteiger charge is -2.04. The summed E-state index contributed by atoms with van der Waals surface area (Å²) in [6.07, 6.45) is 0. The maximum atomic E-state index is 12.7. The second kappa shape index (κ2) is 5.95. The minimum Gasteiger partial charge on any atom is -0.477 e. The molecule has 0 atom stereocenters. The van der Waals surface area contributed by atoms with Gasteiger partial charge >= 0.3 is 5.97 Å². The number of halogens is 1. The third kappa shape index (κ3) is 3.62. The lowest BCUT2D eigenvalue weighted by atomic mass is 10.2. The van der Waals surface area contributed by atoms with Crippen molar-refractivity contribution in [3.63, 3.8) is 0 Å². The van der Waals surface area contributed by atoms with E-state index in [-0.39, 0.29) is 5.82 Å². The Morgan fingerprint density at radius 3 is 2.58 bits per heavy atom. The van der Waals surface area contributed by atoms with E-state index in [0.29, 0.717) is 18.0 Å². The van der Waals surface area contributed by atoms with Gasteiger partial charge in [-0.1, -0.05) is 12.1 Å². The van der Waals surface area contributed by atoms with Gasteiger partial charge < -0.3 is 10.4 Å². The van der Waals surface area contributed by atoms with Gasteiger partial charge in [0.1, 0.15) is 10.7 Å². The molecule has 1 aromatic heterocycles. The Kier molecular flexibility index (Phi) is 4.29. The summed E-state index contributed by atoms with van der Waals surface area (Å²) in [5.74, 6) is -1.14. The summed E-state index contributed by atoms with van der Waals surface area (Å²) < 4.78 is 12.7. The number of hydrogen-bond acceptors (Lipinski definition) is 3. The summed E-state index contributed by atoms with van der Waals surface area (Å²) in [5.41, 5.74) is 1.98. The van der Waals surface area contributed by atoms with Crippen LogP contribution < -0.4 is 5.32 Å². The van der Waals surface area contributed by atoms with Crippen LogP contribution in [0.4, 0.5) is 4.39 Å². The minimum atomic E-state index is -0.891. The molecule has 0 saturated heterocycles. The fourth-order valence-corrected chi connectivity index (χ4v) is 2.63. The van der Waals surface area contributed by atoms with E-state index in [9.17, 15) is 9.18 Å². The molecule has 0 radical (unpaired) electrons. The van der Waals surface area contributed by atoms with Gasteiger partial charge in [0.05, 0.1) is 0 Å². The standard InChI is InChI=1S/C14H14FNO2S/c1-9-11(6-13(19-9)14(17)18)8-16-7-10-2-4-12(15)5-3-10/h2-6,16H,7-8H2,1H3,(H,17,18). The van der Waals surface area contributed by atoms with Crippen LogP contribution in [0.1, 0.15) is 25.7 Å². The van der Waals surface area contributed by atoms with Gasteiger partial charge in [-0.2, -0.15) is 0 Å². The monoisotopic (exact) mass is 279 g/mol. The van der Waals surface area contributed by atoms with Gasteiger partial charge in [-0.15, -0.1) is 11.3 Å². The van der Waals surface area contributed by atoms with E-state index < -0.39 is 5.97 Å². The first kappa shape index (κ1) is 13.7. The van der Waals surface area contributed by atoms with Gasteiger partial charge in [-0.25, -0.2) is 9.18 Å². The smallest absolute Gasteiger partial charge is 0.345 e. The molecule has 2 N–H and O–H groups in total. The average molecular weight is 279 g/mol. The molecule has 100 valence electrons. The molecule has 5 heteroatoms. The zero-order chi connectivity index (χ0) is 13.8. The Morgan fingerprint density at radius 2 is 2.00 bits per heavy atom. The van der Waals surface area contributed by atoms with E-state index in [1.54, 1.807) is 18.2 Å². The predicted octanol–water partition coefficient (Wildman–Crippen LogP) is 3.18. The van der Waals surface area contributed by atoms with E-state index in [4.69, 9.17) is 5.11 Å². The molecular formula is C14H14FNO2S. The number of thiophene rings is 1. The maximum Gasteiger partial charge on any atom is 0.345 e. The number of carboxylic acid groups (broad SMARTS) is 1. The molecule has 0 amide bonds. The zero-order valence-corrected chi connectivity index (χ0v) is 11.3. The maximum absolute atomic E-state index is 12.7. The summed E-state index contributed by atoms with van der Waals surface area (Å²) >= 11 is 1.28. The molecule has 0 fully saturated rings. The predicted molar refractivity (Wildman–Crippen MR) is 73.0 cm³/mol. The molecule has 0 aliphatic heterocycles. The third-order valence-corrected chi connectivity index (χ3v) is 3.87. The van der Waals surface area contributed by atoms with Crippen LogP contribution in [0.2, 0.25) is 0 Å². The number of hydrogen-bond donors (Lipinski definition) is 2. The molecule has 1 heterocycles. The van der Waals surface area contributed by atoms with Crippen molar-refractivity contribution >= 4 is 17.3 Å². The van der Waals surface area contributed by atoms with Gasteiger partial charge in [0, 0.05) is 18.0 Å². The summed E-state index contributed by atoms with van der Waals surface area (Å²) in [4.78, 5) is 12.2. The molecular weight excluding hydrogens is 265 g/mol. The largest absolute Gasteiger partial charge is 0.477 e. The van der Waals surface area contributed by atoms with Crippen molar-refractivity contribution in [2.24, 2.45) is 0 Å². The molecule has 0 bridgehead atoms. The Bertz CT molecular complexity index is 578. The number of aromatic carboxylic acids is 1. The van der Waals surface area contributed by atoms with Crippen molar-refractivity contribution < 1.29 is 14.3 Å². The molecule has 0 aliphatic carbocycles. The summed E-state index contributed by atoms with van der Waals surface area (Å²) in [6, 6.07) is 8.00. The van der Waals surface area contributed by atoms with Crippen LogP contribution in [-0.2, 0) is 13.1 Å². The molecule has 1 aromatic carbocycles. The Morgan fingerprint density at radius 1 is 1.32 bits per heavy atom. The van der Waals surface area contributed by atoms with Crippen molar-refractivity contribution in [3.8, 4) is 0 Å². The topological polar surface area (TPSA) is 49.3 Å². The fraction of sp³-hybridized carbons (Fsp3) is 0.214. The van der Waals surface area contributed by atoms with Crippen LogP contribution in [0, 0.1) is 12.7 Å². The van der Waals surface area contributed by atoms with Gasteiger partial charge in [0.25, 0.3) is 0 Å². The normalized spacial score (nSPS) is 10.6. The third-order valence-electron chi connectivity index (χ3n) is 2.79. The molecule has 2 rings (SSSR count). The summed E-state index contributed by atoms with van der Waals surface area (Å²) in [7, 11) is 0. The van der Waals surface area contributed by atoms with E-state index in [1.165, 1.54) is 23.5 Å². The molecule has 2 aromatic rings. The average Bonchev–Trinajstić information content (AvgIpc) is 2.74. The summed E-state index contributed by atoms with van der Waals surface area (Å²) in [6.45, 7) is 3.14. The van der Waals surface area contributed by atoms with Gasteiger partial charge in [-0.3, -0.25) is 0 Å². The lowest BCUT2D eigenvalue weighted by Crippen LogP contribution is -2.12. The molecule has 0 aliphatic rings. The fourth-order valence-electron chi connectivity index (χ4n) is 1.74. The Balaban J connectivity index is 1.92. The van der Waals surface area contributed by atoms with Crippen molar-refractivity contribution in [3.05, 3.63) is 57.0 Å². The highest BCUT2D eigenvalue weighted by Crippen LogP contribution is 2.21. The second-order valence-corrected chi connectivity index (χ2v) is 5.48. The molecule has 3 nitrogen and oxygen atoms in total. The van der Waals surface area contributed by atoms with Crippen molar-refractivity contribution in [2.45, 2.75) is 20.0 Å². The summed E-state index contributed by atoms with van der Waals surface area (Å²) in [5, 5.41) is 12.1. The van der Waals surface area contributed by atoms with E-state index in [0.717, 1.165) is 16.0 Å². The van der Waals surface area contributed by atoms with Crippen molar-refractivity contribution in [1.82, 2.24) is 5.32 Å². The van der Waals surface area contributed by atoms with Crippen LogP contribution in [0.3, 0.4) is 0 Å². The second-order valence-electron chi connectivity index (χ2n) is 4.23. The van der Waals surface area contributed by atoms with Gasteiger partial charge in [0.15, 0.2) is 0 Å². The first-order chi connectivity index (χ1) is 9.06. The van der Waals surface area contributed by atoms with Crippen LogP contribution in [0.15, 0.2) is 30.3 Å². The van der Waals surface area contributed by atoms with Crippen LogP contribution in [0.5, 0.6) is 0 Å². The van der Waals surface area contributed by atoms with Crippen LogP contribution in [-0.4, -0.2) is 11.1 Å². The zero-order valence-electron chi connectivity index (χ0n) is 10.4. The number of rotatable bonds is 5. The molecule has 0 unspecified atom stereocenters. The SMILES string of the molecule is Cc1sc(C(=O)O)cc1CNCc1ccc(F)cc1. The Labute approximate surface area is 114 Å². The highest BCUT2D eigenvalue weighted by atomic mass is 32.1. The van der Waals surface area contributed by atoms with Crippen molar-refractivity contribution in [1.29, 1.82) is 0 Å². The minimum absolute atomic E-state index is 0.247. The first-order valence-electron chi connectivity index (χ1n) is 5.84. The molecule has 0 spiro atoms. The molecule has 0 saturated carbocycles. The quantitative estimate of drug-likeness (QED) is 0.883. The number of carbonyl (C=O) groups is 1. The van der Waals surface area contributed by atoms with E-state index in [2.05, 4.69) is 5.32 Å². The Hall–Kier alpha value is -1.72. The van der Waals surface area contributed by atoms with Crippen molar-refractivity contribution in [2.75, 3.05) is 0 Å². The number of benzene rings is 1. The van der Waals surface area contributed by atoms with Gasteiger partial charge in [0.2, 0.25) is 0 Å². The first-order valence-corrected chi connectivity index (χ1v) is 6.65.